The van der Waals surface area contributed by atoms with Gasteiger partial charge in [-0.3, -0.25) is 4.79 Å². The van der Waals surface area contributed by atoms with E-state index in [9.17, 15) is 18.3 Å². The molecule has 1 aromatic rings. The molecule has 0 bridgehead atoms. The van der Waals surface area contributed by atoms with Crippen molar-refractivity contribution in [3.63, 3.8) is 0 Å². The fourth-order valence-electron chi connectivity index (χ4n) is 3.07. The number of terminal acetylenes is 1. The van der Waals surface area contributed by atoms with Crippen molar-refractivity contribution in [1.29, 1.82) is 0 Å². The molecule has 0 unspecified atom stereocenters. The van der Waals surface area contributed by atoms with E-state index < -0.39 is 28.1 Å². The molecule has 1 aromatic carbocycles. The van der Waals surface area contributed by atoms with Crippen molar-refractivity contribution in [2.75, 3.05) is 32.5 Å². The van der Waals surface area contributed by atoms with E-state index in [-0.39, 0.29) is 25.1 Å². The molecule has 0 aliphatic heterocycles. The van der Waals surface area contributed by atoms with E-state index in [1.54, 1.807) is 14.0 Å². The van der Waals surface area contributed by atoms with Gasteiger partial charge in [-0.05, 0) is 24.1 Å². The second-order valence-electron chi connectivity index (χ2n) is 7.19. The average Bonchev–Trinajstić information content (AvgIpc) is 2.75. The van der Waals surface area contributed by atoms with Gasteiger partial charge >= 0.3 is 0 Å². The van der Waals surface area contributed by atoms with Crippen LogP contribution in [-0.4, -0.2) is 68.4 Å². The number of carbonyl (C=O) groups is 1. The van der Waals surface area contributed by atoms with Crippen molar-refractivity contribution in [3.8, 4) is 18.1 Å². The van der Waals surface area contributed by atoms with Crippen molar-refractivity contribution in [1.82, 2.24) is 14.9 Å². The quantitative estimate of drug-likeness (QED) is 0.343. The molecule has 0 aromatic heterocycles. The van der Waals surface area contributed by atoms with Gasteiger partial charge in [0.2, 0.25) is 15.9 Å². The number of nitrogens with one attached hydrogen (secondary N) is 2. The number of ether oxygens (including phenoxy) is 1. The number of hydrogen-bond donors (Lipinski definition) is 3. The topological polar surface area (TPSA) is 108 Å². The number of amides is 1. The minimum atomic E-state index is -3.50. The first kappa shape index (κ1) is 26.9. The maximum absolute atomic E-state index is 12.4. The standard InChI is InChI=1S/C22H35N3O5S/c1-5-9-20(21(26)17-23-16-18-10-8-11-19(15-18)30-4)24-22(27)12-14-31(28,29)25(7-3)13-6-2/h1,8,10-11,15,20-21,23,26H,6-7,9,12-14,16-17H2,2-4H3,(H,24,27)/t20-,21+/m0/s1. The number of methoxy groups -OCH3 is 1. The number of rotatable bonds is 15. The van der Waals surface area contributed by atoms with Crippen LogP contribution >= 0.6 is 0 Å². The molecule has 0 saturated heterocycles. The third-order valence-electron chi connectivity index (χ3n) is 4.77. The van der Waals surface area contributed by atoms with Gasteiger partial charge in [0.25, 0.3) is 0 Å². The average molecular weight is 454 g/mol. The summed E-state index contributed by atoms with van der Waals surface area (Å²) in [6.45, 7) is 5.19. The molecule has 2 atom stereocenters. The molecule has 0 saturated carbocycles. The summed E-state index contributed by atoms with van der Waals surface area (Å²) >= 11 is 0. The predicted molar refractivity (Wildman–Crippen MR) is 122 cm³/mol. The van der Waals surface area contributed by atoms with E-state index in [0.717, 1.165) is 11.3 Å². The van der Waals surface area contributed by atoms with Crippen molar-refractivity contribution < 1.29 is 23.1 Å². The minimum absolute atomic E-state index is 0.136. The van der Waals surface area contributed by atoms with Crippen molar-refractivity contribution in [2.24, 2.45) is 0 Å². The molecule has 0 aliphatic rings. The second-order valence-corrected chi connectivity index (χ2v) is 9.28. The molecule has 1 amide bonds. The van der Waals surface area contributed by atoms with Gasteiger partial charge in [-0.1, -0.05) is 26.0 Å². The monoisotopic (exact) mass is 453 g/mol. The van der Waals surface area contributed by atoms with Gasteiger partial charge < -0.3 is 20.5 Å². The van der Waals surface area contributed by atoms with Gasteiger partial charge in [0.1, 0.15) is 5.75 Å². The summed E-state index contributed by atoms with van der Waals surface area (Å²) in [6.07, 6.45) is 5.11. The van der Waals surface area contributed by atoms with Gasteiger partial charge in [-0.2, -0.15) is 0 Å². The third-order valence-corrected chi connectivity index (χ3v) is 6.72. The Morgan fingerprint density at radius 1 is 1.35 bits per heavy atom. The summed E-state index contributed by atoms with van der Waals surface area (Å²) in [6, 6.07) is 6.87. The van der Waals surface area contributed by atoms with Crippen LogP contribution in [0, 0.1) is 12.3 Å². The lowest BCUT2D eigenvalue weighted by molar-refractivity contribution is -0.122. The lowest BCUT2D eigenvalue weighted by atomic mass is 10.1. The fraction of sp³-hybridized carbons (Fsp3) is 0.591. The van der Waals surface area contributed by atoms with Crippen LogP contribution in [0.2, 0.25) is 0 Å². The molecule has 31 heavy (non-hydrogen) atoms. The Kier molecular flexibility index (Phi) is 12.2. The molecule has 1 rings (SSSR count). The molecule has 174 valence electrons. The van der Waals surface area contributed by atoms with Crippen LogP contribution in [0.25, 0.3) is 0 Å². The highest BCUT2D eigenvalue weighted by Gasteiger charge is 2.24. The first-order valence-corrected chi connectivity index (χ1v) is 12.1. The van der Waals surface area contributed by atoms with Gasteiger partial charge in [0, 0.05) is 39.0 Å². The lowest BCUT2D eigenvalue weighted by Crippen LogP contribution is -2.47. The minimum Gasteiger partial charge on any atom is -0.497 e. The van der Waals surface area contributed by atoms with E-state index in [4.69, 9.17) is 11.2 Å². The highest BCUT2D eigenvalue weighted by molar-refractivity contribution is 7.89. The van der Waals surface area contributed by atoms with Crippen LogP contribution in [0.4, 0.5) is 0 Å². The van der Waals surface area contributed by atoms with Crippen LogP contribution < -0.4 is 15.4 Å². The maximum atomic E-state index is 12.4. The number of hydrogen-bond acceptors (Lipinski definition) is 6. The number of nitrogens with zero attached hydrogens (tertiary/aromatic N) is 1. The Hall–Kier alpha value is -2.12. The zero-order valence-corrected chi connectivity index (χ0v) is 19.5. The maximum Gasteiger partial charge on any atom is 0.221 e. The Bertz CT molecular complexity index is 823. The van der Waals surface area contributed by atoms with Gasteiger partial charge in [0.05, 0.1) is 25.0 Å². The molecule has 0 aliphatic carbocycles. The largest absolute Gasteiger partial charge is 0.497 e. The molecule has 0 heterocycles. The highest BCUT2D eigenvalue weighted by Crippen LogP contribution is 2.12. The zero-order chi connectivity index (χ0) is 23.3. The Morgan fingerprint density at radius 2 is 2.10 bits per heavy atom. The third kappa shape index (κ3) is 9.70. The molecule has 0 fully saturated rings. The van der Waals surface area contributed by atoms with Crippen LogP contribution in [0.5, 0.6) is 5.75 Å². The summed E-state index contributed by atoms with van der Waals surface area (Å²) < 4.78 is 31.3. The first-order chi connectivity index (χ1) is 14.8. The molecular weight excluding hydrogens is 418 g/mol. The van der Waals surface area contributed by atoms with E-state index in [1.165, 1.54) is 4.31 Å². The van der Waals surface area contributed by atoms with E-state index in [2.05, 4.69) is 16.6 Å². The van der Waals surface area contributed by atoms with Gasteiger partial charge in [-0.15, -0.1) is 12.3 Å². The molecule has 9 heteroatoms. The smallest absolute Gasteiger partial charge is 0.221 e. The Balaban J connectivity index is 2.55. The lowest BCUT2D eigenvalue weighted by Gasteiger charge is -2.23. The van der Waals surface area contributed by atoms with Gasteiger partial charge in [-0.25, -0.2) is 12.7 Å². The summed E-state index contributed by atoms with van der Waals surface area (Å²) in [4.78, 5) is 12.3. The predicted octanol–water partition coefficient (Wildman–Crippen LogP) is 1.11. The molecule has 3 N–H and O–H groups in total. The second kappa shape index (κ2) is 14.0. The SMILES string of the molecule is C#CC[C@H](NC(=O)CCS(=O)(=O)N(CC)CCC)[C@H](O)CNCc1cccc(OC)c1. The molecule has 8 nitrogen and oxygen atoms in total. The summed E-state index contributed by atoms with van der Waals surface area (Å²) in [7, 11) is -1.91. The van der Waals surface area contributed by atoms with Crippen molar-refractivity contribution >= 4 is 15.9 Å². The molecule has 0 spiro atoms. The first-order valence-electron chi connectivity index (χ1n) is 10.5. The van der Waals surface area contributed by atoms with Crippen LogP contribution in [0.3, 0.4) is 0 Å². The Labute approximate surface area is 186 Å². The molecular formula is C22H35N3O5S. The number of aliphatic hydroxyl groups is 1. The van der Waals surface area contributed by atoms with E-state index in [1.807, 2.05) is 31.2 Å². The normalized spacial score (nSPS) is 13.4. The van der Waals surface area contributed by atoms with Crippen LogP contribution in [-0.2, 0) is 21.4 Å². The summed E-state index contributed by atoms with van der Waals surface area (Å²) in [5.74, 6) is 2.46. The van der Waals surface area contributed by atoms with Crippen LogP contribution in [0.15, 0.2) is 24.3 Å². The number of carbonyl (C=O) groups excluding carboxylic acids is 1. The highest BCUT2D eigenvalue weighted by atomic mass is 32.2. The number of benzene rings is 1. The number of aliphatic hydroxyl groups excluding tert-OH is 1. The number of sulfonamides is 1. The van der Waals surface area contributed by atoms with Crippen LogP contribution in [0.1, 0.15) is 38.7 Å². The fourth-order valence-corrected chi connectivity index (χ4v) is 4.63. The summed E-state index contributed by atoms with van der Waals surface area (Å²) in [5.41, 5.74) is 0.988. The van der Waals surface area contributed by atoms with Crippen molar-refractivity contribution in [3.05, 3.63) is 29.8 Å². The van der Waals surface area contributed by atoms with E-state index >= 15 is 0 Å². The zero-order valence-electron chi connectivity index (χ0n) is 18.6. The van der Waals surface area contributed by atoms with Crippen molar-refractivity contribution in [2.45, 2.75) is 51.8 Å². The Morgan fingerprint density at radius 3 is 2.71 bits per heavy atom. The van der Waals surface area contributed by atoms with Gasteiger partial charge in [0.15, 0.2) is 0 Å². The summed E-state index contributed by atoms with van der Waals surface area (Å²) in [5, 5.41) is 16.3. The van der Waals surface area contributed by atoms with E-state index in [0.29, 0.717) is 26.1 Å². The molecule has 0 radical (unpaired) electrons.